The van der Waals surface area contributed by atoms with Gasteiger partial charge in [-0.15, -0.1) is 0 Å². The van der Waals surface area contributed by atoms with Crippen molar-refractivity contribution in [2.24, 2.45) is 5.73 Å². The Hall–Kier alpha value is -2.54. The number of nitrogens with two attached hydrogens (primary N) is 1. The molecule has 0 spiro atoms. The number of hydrogen-bond acceptors (Lipinski definition) is 6. The van der Waals surface area contributed by atoms with Crippen LogP contribution >= 0.6 is 11.3 Å². The molecular weight excluding hydrogens is 262 g/mol. The van der Waals surface area contributed by atoms with Gasteiger partial charge in [0.1, 0.15) is 12.1 Å². The molecule has 1 amide bonds. The van der Waals surface area contributed by atoms with Crippen molar-refractivity contribution in [3.8, 4) is 0 Å². The summed E-state index contributed by atoms with van der Waals surface area (Å²) in [5, 5.41) is 3.79. The minimum Gasteiger partial charge on any atom is -0.366 e. The Balaban J connectivity index is 1.95. The van der Waals surface area contributed by atoms with Gasteiger partial charge in [0.15, 0.2) is 5.13 Å². The fraction of sp³-hybridized carbons (Fsp3) is 0. The van der Waals surface area contributed by atoms with Crippen LogP contribution < -0.4 is 11.1 Å². The largest absolute Gasteiger partial charge is 0.366 e. The van der Waals surface area contributed by atoms with Crippen LogP contribution in [-0.4, -0.2) is 20.9 Å². The van der Waals surface area contributed by atoms with Crippen molar-refractivity contribution in [1.29, 1.82) is 0 Å². The van der Waals surface area contributed by atoms with Gasteiger partial charge in [0.2, 0.25) is 5.91 Å². The summed E-state index contributed by atoms with van der Waals surface area (Å²) in [5.74, 6) is 0.227. The van der Waals surface area contributed by atoms with E-state index in [4.69, 9.17) is 5.73 Å². The third kappa shape index (κ3) is 2.36. The number of primary amides is 1. The molecule has 6 nitrogen and oxygen atoms in total. The lowest BCUT2D eigenvalue weighted by atomic mass is 10.2. The standard InChI is InChI=1S/C12H9N5OS/c13-11(18)7-1-2-8-9(5-7)19-12(16-8)17-10-3-4-14-6-15-10/h1-6H,(H2,13,18)(H,14,15,16,17). The smallest absolute Gasteiger partial charge is 0.248 e. The van der Waals surface area contributed by atoms with Gasteiger partial charge in [-0.2, -0.15) is 0 Å². The van der Waals surface area contributed by atoms with E-state index < -0.39 is 5.91 Å². The van der Waals surface area contributed by atoms with Gasteiger partial charge in [-0.1, -0.05) is 11.3 Å². The first-order valence-corrected chi connectivity index (χ1v) is 6.27. The van der Waals surface area contributed by atoms with E-state index in [1.54, 1.807) is 30.5 Å². The average molecular weight is 271 g/mol. The minimum absolute atomic E-state index is 0.444. The molecule has 0 aliphatic rings. The summed E-state index contributed by atoms with van der Waals surface area (Å²) in [6.07, 6.45) is 3.11. The first-order valence-electron chi connectivity index (χ1n) is 5.46. The number of fused-ring (bicyclic) bond motifs is 1. The van der Waals surface area contributed by atoms with E-state index >= 15 is 0 Å². The number of carbonyl (C=O) groups is 1. The highest BCUT2D eigenvalue weighted by Gasteiger charge is 2.07. The highest BCUT2D eigenvalue weighted by atomic mass is 32.1. The van der Waals surface area contributed by atoms with Crippen molar-refractivity contribution in [1.82, 2.24) is 15.0 Å². The van der Waals surface area contributed by atoms with Crippen LogP contribution in [0.4, 0.5) is 10.9 Å². The number of aromatic nitrogens is 3. The van der Waals surface area contributed by atoms with Crippen molar-refractivity contribution in [2.75, 3.05) is 5.32 Å². The molecule has 0 aliphatic heterocycles. The van der Waals surface area contributed by atoms with Gasteiger partial charge in [-0.25, -0.2) is 15.0 Å². The Bertz CT molecular complexity index is 740. The zero-order valence-corrected chi connectivity index (χ0v) is 10.5. The molecule has 19 heavy (non-hydrogen) atoms. The molecule has 0 unspecified atom stereocenters. The van der Waals surface area contributed by atoms with E-state index in [1.807, 2.05) is 0 Å². The van der Waals surface area contributed by atoms with Gasteiger partial charge in [-0.05, 0) is 24.3 Å². The first-order chi connectivity index (χ1) is 9.22. The van der Waals surface area contributed by atoms with E-state index in [1.165, 1.54) is 17.7 Å². The quantitative estimate of drug-likeness (QED) is 0.759. The summed E-state index contributed by atoms with van der Waals surface area (Å²) < 4.78 is 0.896. The molecule has 3 N–H and O–H groups in total. The van der Waals surface area contributed by atoms with Gasteiger partial charge in [-0.3, -0.25) is 4.79 Å². The number of nitrogens with one attached hydrogen (secondary N) is 1. The van der Waals surface area contributed by atoms with Crippen LogP contribution in [0.5, 0.6) is 0 Å². The number of nitrogens with zero attached hydrogens (tertiary/aromatic N) is 3. The second-order valence-corrected chi connectivity index (χ2v) is 4.82. The molecule has 0 saturated heterocycles. The lowest BCUT2D eigenvalue weighted by Gasteiger charge is -1.98. The number of carbonyl (C=O) groups excluding carboxylic acids is 1. The van der Waals surface area contributed by atoms with Gasteiger partial charge in [0.25, 0.3) is 0 Å². The van der Waals surface area contributed by atoms with Crippen molar-refractivity contribution >= 4 is 38.4 Å². The Morgan fingerprint density at radius 2 is 2.21 bits per heavy atom. The molecule has 7 heteroatoms. The Labute approximate surface area is 112 Å². The summed E-state index contributed by atoms with van der Waals surface area (Å²) in [6, 6.07) is 6.93. The summed E-state index contributed by atoms with van der Waals surface area (Å²) in [5.41, 5.74) is 6.54. The van der Waals surface area contributed by atoms with Crippen molar-refractivity contribution in [3.63, 3.8) is 0 Å². The predicted octanol–water partition coefficient (Wildman–Crippen LogP) is 1.93. The molecule has 0 saturated carbocycles. The molecular formula is C12H9N5OS. The molecule has 0 aliphatic carbocycles. The molecule has 3 rings (SSSR count). The molecule has 1 aromatic carbocycles. The first kappa shape index (κ1) is 11.5. The van der Waals surface area contributed by atoms with Crippen LogP contribution in [0.1, 0.15) is 10.4 Å². The number of hydrogen-bond donors (Lipinski definition) is 2. The Morgan fingerprint density at radius 1 is 1.32 bits per heavy atom. The van der Waals surface area contributed by atoms with Crippen LogP contribution in [0.3, 0.4) is 0 Å². The summed E-state index contributed by atoms with van der Waals surface area (Å²) >= 11 is 1.43. The van der Waals surface area contributed by atoms with Gasteiger partial charge < -0.3 is 11.1 Å². The molecule has 0 atom stereocenters. The van der Waals surface area contributed by atoms with Crippen LogP contribution in [0.2, 0.25) is 0 Å². The van der Waals surface area contributed by atoms with Gasteiger partial charge in [0, 0.05) is 11.8 Å². The zero-order chi connectivity index (χ0) is 13.2. The Morgan fingerprint density at radius 3 is 2.95 bits per heavy atom. The number of rotatable bonds is 3. The molecule has 0 radical (unpaired) electrons. The second kappa shape index (κ2) is 4.62. The minimum atomic E-state index is -0.444. The fourth-order valence-electron chi connectivity index (χ4n) is 1.61. The Kier molecular flexibility index (Phi) is 2.81. The molecule has 0 fully saturated rings. The number of amides is 1. The van der Waals surface area contributed by atoms with E-state index in [0.29, 0.717) is 16.5 Å². The topological polar surface area (TPSA) is 93.8 Å². The summed E-state index contributed by atoms with van der Waals surface area (Å²) in [4.78, 5) is 23.4. The van der Waals surface area contributed by atoms with Gasteiger partial charge in [0.05, 0.1) is 10.2 Å². The molecule has 94 valence electrons. The van der Waals surface area contributed by atoms with Crippen LogP contribution in [-0.2, 0) is 0 Å². The predicted molar refractivity (Wildman–Crippen MR) is 73.5 cm³/mol. The van der Waals surface area contributed by atoms with Crippen LogP contribution in [0.25, 0.3) is 10.2 Å². The average Bonchev–Trinajstić information content (AvgIpc) is 2.80. The number of benzene rings is 1. The maximum absolute atomic E-state index is 11.1. The molecule has 2 heterocycles. The highest BCUT2D eigenvalue weighted by Crippen LogP contribution is 2.28. The van der Waals surface area contributed by atoms with E-state index in [0.717, 1.165) is 10.2 Å². The van der Waals surface area contributed by atoms with Crippen LogP contribution in [0.15, 0.2) is 36.8 Å². The maximum atomic E-state index is 11.1. The van der Waals surface area contributed by atoms with E-state index in [9.17, 15) is 4.79 Å². The zero-order valence-electron chi connectivity index (χ0n) is 9.70. The normalized spacial score (nSPS) is 10.5. The van der Waals surface area contributed by atoms with Gasteiger partial charge >= 0.3 is 0 Å². The van der Waals surface area contributed by atoms with E-state index in [-0.39, 0.29) is 0 Å². The second-order valence-electron chi connectivity index (χ2n) is 3.79. The summed E-state index contributed by atoms with van der Waals surface area (Å²) in [6.45, 7) is 0. The van der Waals surface area contributed by atoms with Crippen LogP contribution in [0, 0.1) is 0 Å². The van der Waals surface area contributed by atoms with Crippen molar-refractivity contribution in [2.45, 2.75) is 0 Å². The number of anilines is 2. The lowest BCUT2D eigenvalue weighted by molar-refractivity contribution is 0.100. The van der Waals surface area contributed by atoms with Crippen molar-refractivity contribution < 1.29 is 4.79 Å². The molecule has 3 aromatic rings. The third-order valence-corrected chi connectivity index (χ3v) is 3.42. The maximum Gasteiger partial charge on any atom is 0.248 e. The highest BCUT2D eigenvalue weighted by molar-refractivity contribution is 7.22. The fourth-order valence-corrected chi connectivity index (χ4v) is 2.52. The van der Waals surface area contributed by atoms with Crippen molar-refractivity contribution in [3.05, 3.63) is 42.4 Å². The number of thiazole rings is 1. The SMILES string of the molecule is NC(=O)c1ccc2nc(Nc3ccncn3)sc2c1. The molecule has 0 bridgehead atoms. The monoisotopic (exact) mass is 271 g/mol. The third-order valence-electron chi connectivity index (χ3n) is 2.49. The lowest BCUT2D eigenvalue weighted by Crippen LogP contribution is -2.10. The molecule has 2 aromatic heterocycles. The summed E-state index contributed by atoms with van der Waals surface area (Å²) in [7, 11) is 0. The van der Waals surface area contributed by atoms with E-state index in [2.05, 4.69) is 20.3 Å².